The zero-order valence-electron chi connectivity index (χ0n) is 23.1. The van der Waals surface area contributed by atoms with Crippen LogP contribution >= 0.6 is 11.9 Å². The minimum Gasteiger partial charge on any atom is -0.405 e. The minimum atomic E-state index is -4.84. The van der Waals surface area contributed by atoms with E-state index < -0.39 is 30.1 Å². The Kier molecular flexibility index (Phi) is 16.3. The fraction of sp³-hybridized carbons (Fsp3) is 0.407. The predicted molar refractivity (Wildman–Crippen MR) is 146 cm³/mol. The molecule has 1 heterocycles. The number of halogens is 3. The van der Waals surface area contributed by atoms with E-state index in [-0.39, 0.29) is 41.0 Å². The molecule has 12 heteroatoms. The zero-order chi connectivity index (χ0) is 30.2. The Bertz CT molecular complexity index is 1100. The average Bonchev–Trinajstić information content (AvgIpc) is 3.18. The maximum Gasteiger partial charge on any atom is 0.573 e. The minimum absolute atomic E-state index is 0.0455. The van der Waals surface area contributed by atoms with Gasteiger partial charge in [0, 0.05) is 18.2 Å². The van der Waals surface area contributed by atoms with Gasteiger partial charge in [-0.05, 0) is 55.6 Å². The molecule has 1 aliphatic heterocycles. The maximum atomic E-state index is 12.8. The molecule has 0 fully saturated rings. The summed E-state index contributed by atoms with van der Waals surface area (Å²) in [6, 6.07) is 9.38. The second-order valence-electron chi connectivity index (χ2n) is 7.01. The molecular weight excluding hydrogens is 535 g/mol. The number of carbonyl (C=O) groups excluding carboxylic acids is 4. The van der Waals surface area contributed by atoms with E-state index in [1.54, 1.807) is 13.0 Å². The van der Waals surface area contributed by atoms with Crippen LogP contribution in [0.15, 0.2) is 47.4 Å². The van der Waals surface area contributed by atoms with Crippen LogP contribution in [0.3, 0.4) is 0 Å². The molecular formula is C27H36F3N3O5S. The van der Waals surface area contributed by atoms with E-state index in [9.17, 15) is 32.3 Å². The summed E-state index contributed by atoms with van der Waals surface area (Å²) >= 11 is 0.854. The SMILES string of the molecule is CC.CC.CC.CC(CCC(=O)NC=O)N1C(=O)c2ccc(NSc3ccccc3OC(F)(F)F)cc2C1=O. The molecule has 2 aromatic carbocycles. The number of nitrogens with one attached hydrogen (secondary N) is 2. The molecule has 0 bridgehead atoms. The summed E-state index contributed by atoms with van der Waals surface area (Å²) in [7, 11) is 0. The number of imide groups is 2. The summed E-state index contributed by atoms with van der Waals surface area (Å²) in [5.41, 5.74) is 0.705. The molecule has 2 N–H and O–H groups in total. The summed E-state index contributed by atoms with van der Waals surface area (Å²) in [6.45, 7) is 13.6. The van der Waals surface area contributed by atoms with Gasteiger partial charge in [0.1, 0.15) is 5.75 Å². The molecule has 0 spiro atoms. The molecule has 2 aromatic rings. The number of hydrogen-bond acceptors (Lipinski definition) is 7. The van der Waals surface area contributed by atoms with Crippen molar-refractivity contribution in [3.8, 4) is 5.75 Å². The highest BCUT2D eigenvalue weighted by Crippen LogP contribution is 2.35. The predicted octanol–water partition coefficient (Wildman–Crippen LogP) is 6.82. The number of fused-ring (bicyclic) bond motifs is 1. The van der Waals surface area contributed by atoms with Crippen LogP contribution in [0, 0.1) is 0 Å². The molecule has 0 saturated heterocycles. The third-order valence-corrected chi connectivity index (χ3v) is 5.62. The van der Waals surface area contributed by atoms with Crippen molar-refractivity contribution in [3.63, 3.8) is 0 Å². The largest absolute Gasteiger partial charge is 0.573 e. The van der Waals surface area contributed by atoms with Crippen LogP contribution in [0.25, 0.3) is 0 Å². The van der Waals surface area contributed by atoms with Crippen LogP contribution in [0.5, 0.6) is 5.75 Å². The van der Waals surface area contributed by atoms with Crippen molar-refractivity contribution >= 4 is 41.8 Å². The Labute approximate surface area is 231 Å². The highest BCUT2D eigenvalue weighted by atomic mass is 32.2. The molecule has 39 heavy (non-hydrogen) atoms. The smallest absolute Gasteiger partial charge is 0.405 e. The summed E-state index contributed by atoms with van der Waals surface area (Å²) in [5, 5.41) is 1.99. The maximum absolute atomic E-state index is 12.8. The topological polar surface area (TPSA) is 105 Å². The third-order valence-electron chi connectivity index (χ3n) is 4.72. The van der Waals surface area contributed by atoms with Crippen LogP contribution in [-0.4, -0.2) is 41.4 Å². The van der Waals surface area contributed by atoms with Gasteiger partial charge in [0.05, 0.1) is 16.0 Å². The van der Waals surface area contributed by atoms with Crippen molar-refractivity contribution in [2.24, 2.45) is 0 Å². The van der Waals surface area contributed by atoms with Gasteiger partial charge in [0.15, 0.2) is 0 Å². The van der Waals surface area contributed by atoms with Crippen molar-refractivity contribution in [2.75, 3.05) is 4.72 Å². The van der Waals surface area contributed by atoms with Gasteiger partial charge in [-0.2, -0.15) is 0 Å². The van der Waals surface area contributed by atoms with Gasteiger partial charge >= 0.3 is 6.36 Å². The number of anilines is 1. The van der Waals surface area contributed by atoms with Crippen LogP contribution < -0.4 is 14.8 Å². The first-order valence-electron chi connectivity index (χ1n) is 12.6. The molecule has 1 aliphatic rings. The lowest BCUT2D eigenvalue weighted by Gasteiger charge is -2.22. The van der Waals surface area contributed by atoms with Crippen LogP contribution in [0.2, 0.25) is 0 Å². The van der Waals surface area contributed by atoms with Crippen molar-refractivity contribution < 1.29 is 37.1 Å². The van der Waals surface area contributed by atoms with Crippen LogP contribution in [0.1, 0.15) is 82.0 Å². The molecule has 216 valence electrons. The number of nitrogens with zero attached hydrogens (tertiary/aromatic N) is 1. The van der Waals surface area contributed by atoms with E-state index in [1.165, 1.54) is 36.4 Å². The number of para-hydroxylation sites is 1. The Morgan fingerprint density at radius 2 is 1.59 bits per heavy atom. The number of benzene rings is 2. The Morgan fingerprint density at radius 3 is 2.18 bits per heavy atom. The molecule has 1 unspecified atom stereocenters. The van der Waals surface area contributed by atoms with Gasteiger partial charge in [-0.3, -0.25) is 29.4 Å². The number of ether oxygens (including phenoxy) is 1. The molecule has 3 rings (SSSR count). The van der Waals surface area contributed by atoms with Gasteiger partial charge in [0.25, 0.3) is 11.8 Å². The van der Waals surface area contributed by atoms with Crippen molar-refractivity contribution in [3.05, 3.63) is 53.6 Å². The third kappa shape index (κ3) is 10.6. The first kappa shape index (κ1) is 35.5. The van der Waals surface area contributed by atoms with E-state index >= 15 is 0 Å². The Balaban J connectivity index is 0.00000225. The monoisotopic (exact) mass is 571 g/mol. The second-order valence-corrected chi connectivity index (χ2v) is 7.86. The average molecular weight is 572 g/mol. The second kappa shape index (κ2) is 17.9. The Morgan fingerprint density at radius 1 is 1.00 bits per heavy atom. The molecule has 0 saturated carbocycles. The highest BCUT2D eigenvalue weighted by Gasteiger charge is 2.38. The lowest BCUT2D eigenvalue weighted by Crippen LogP contribution is -2.38. The van der Waals surface area contributed by atoms with E-state index in [4.69, 9.17) is 0 Å². The summed E-state index contributed by atoms with van der Waals surface area (Å²) in [5.74, 6) is -1.96. The summed E-state index contributed by atoms with van der Waals surface area (Å²) in [6.07, 6.45) is -4.46. The van der Waals surface area contributed by atoms with E-state index in [1.807, 2.05) is 46.9 Å². The molecule has 4 amide bonds. The van der Waals surface area contributed by atoms with Gasteiger partial charge in [-0.1, -0.05) is 53.7 Å². The van der Waals surface area contributed by atoms with Crippen molar-refractivity contribution in [2.45, 2.75) is 78.6 Å². The Hall–Kier alpha value is -3.54. The van der Waals surface area contributed by atoms with Gasteiger partial charge < -0.3 is 9.46 Å². The van der Waals surface area contributed by atoms with Crippen LogP contribution in [0.4, 0.5) is 18.9 Å². The quantitative estimate of drug-likeness (QED) is 0.193. The van der Waals surface area contributed by atoms with Gasteiger partial charge in [-0.15, -0.1) is 13.2 Å². The number of carbonyl (C=O) groups is 4. The number of rotatable bonds is 9. The summed E-state index contributed by atoms with van der Waals surface area (Å²) < 4.78 is 44.6. The molecule has 0 radical (unpaired) electrons. The first-order valence-corrected chi connectivity index (χ1v) is 13.4. The molecule has 1 atom stereocenters. The summed E-state index contributed by atoms with van der Waals surface area (Å²) in [4.78, 5) is 48.5. The van der Waals surface area contributed by atoms with Crippen molar-refractivity contribution in [1.82, 2.24) is 10.2 Å². The number of amides is 4. The lowest BCUT2D eigenvalue weighted by atomic mass is 10.1. The molecule has 8 nitrogen and oxygen atoms in total. The van der Waals surface area contributed by atoms with E-state index in [0.717, 1.165) is 16.8 Å². The number of hydrogen-bond donors (Lipinski definition) is 2. The molecule has 0 aliphatic carbocycles. The lowest BCUT2D eigenvalue weighted by molar-refractivity contribution is -0.275. The van der Waals surface area contributed by atoms with E-state index in [2.05, 4.69) is 9.46 Å². The standard InChI is InChI=1S/C21H18F3N3O5S.3C2H6/c1-12(6-9-18(29)25-11-28)27-19(30)14-8-7-13(10-15(14)20(27)31)26-33-17-5-3-2-4-16(17)32-21(22,23)24;3*1-2/h2-5,7-8,10-12,26H,6,9H2,1H3,(H,25,28,29);3*1-2H3. The first-order chi connectivity index (χ1) is 18.6. The fourth-order valence-electron chi connectivity index (χ4n) is 3.19. The normalized spacial score (nSPS) is 12.3. The van der Waals surface area contributed by atoms with Gasteiger partial charge in [0.2, 0.25) is 12.3 Å². The zero-order valence-corrected chi connectivity index (χ0v) is 24.0. The van der Waals surface area contributed by atoms with Crippen molar-refractivity contribution in [1.29, 1.82) is 0 Å². The van der Waals surface area contributed by atoms with Crippen LogP contribution in [-0.2, 0) is 9.59 Å². The molecule has 0 aromatic heterocycles. The number of alkyl halides is 3. The van der Waals surface area contributed by atoms with Gasteiger partial charge in [-0.25, -0.2) is 0 Å². The highest BCUT2D eigenvalue weighted by molar-refractivity contribution is 8.00. The fourth-order valence-corrected chi connectivity index (χ4v) is 3.90. The van der Waals surface area contributed by atoms with E-state index in [0.29, 0.717) is 5.69 Å².